The highest BCUT2D eigenvalue weighted by molar-refractivity contribution is 5.69. The average Bonchev–Trinajstić information content (AvgIpc) is 2.99. The first kappa shape index (κ1) is 17.7. The summed E-state index contributed by atoms with van der Waals surface area (Å²) in [6, 6.07) is 0. The number of unbranched alkanes of at least 4 members (excludes halogenated alkanes) is 7. The molecule has 1 rings (SSSR count). The van der Waals surface area contributed by atoms with Gasteiger partial charge in [0.1, 0.15) is 0 Å². The lowest BCUT2D eigenvalue weighted by molar-refractivity contribution is -0.143. The molecule has 0 saturated heterocycles. The Morgan fingerprint density at radius 2 is 1.81 bits per heavy atom. The zero-order valence-electron chi connectivity index (χ0n) is 13.4. The van der Waals surface area contributed by atoms with Gasteiger partial charge in [0.15, 0.2) is 0 Å². The summed E-state index contributed by atoms with van der Waals surface area (Å²) in [5.74, 6) is -0.0359. The molecule has 0 aromatic carbocycles. The van der Waals surface area contributed by atoms with E-state index < -0.39 is 0 Å². The number of imidazole rings is 1. The van der Waals surface area contributed by atoms with Crippen LogP contribution in [0.3, 0.4) is 0 Å². The van der Waals surface area contributed by atoms with Crippen molar-refractivity contribution < 1.29 is 9.53 Å². The summed E-state index contributed by atoms with van der Waals surface area (Å²) in [6.45, 7) is 3.71. The molecule has 4 nitrogen and oxygen atoms in total. The Labute approximate surface area is 128 Å². The molecule has 0 unspecified atom stereocenters. The van der Waals surface area contributed by atoms with Crippen LogP contribution in [0.2, 0.25) is 0 Å². The van der Waals surface area contributed by atoms with Crippen LogP contribution in [-0.2, 0) is 16.1 Å². The second kappa shape index (κ2) is 12.4. The largest absolute Gasteiger partial charge is 0.466 e. The molecule has 0 N–H and O–H groups in total. The highest BCUT2D eigenvalue weighted by Crippen LogP contribution is 2.09. The first-order chi connectivity index (χ1) is 10.3. The van der Waals surface area contributed by atoms with Gasteiger partial charge in [-0.1, -0.05) is 45.4 Å². The van der Waals surface area contributed by atoms with Crippen LogP contribution in [-0.4, -0.2) is 22.1 Å². The third kappa shape index (κ3) is 10.1. The predicted octanol–water partition coefficient (Wildman–Crippen LogP) is 4.35. The molecule has 0 aliphatic rings. The van der Waals surface area contributed by atoms with Gasteiger partial charge in [0.2, 0.25) is 0 Å². The SMILES string of the molecule is CCCCCCCCCC(=O)OCCCCn1ccnc1. The van der Waals surface area contributed by atoms with Crippen molar-refractivity contribution in [1.82, 2.24) is 9.55 Å². The van der Waals surface area contributed by atoms with Crippen molar-refractivity contribution in [2.24, 2.45) is 0 Å². The molecule has 0 saturated carbocycles. The van der Waals surface area contributed by atoms with Gasteiger partial charge in [-0.15, -0.1) is 0 Å². The highest BCUT2D eigenvalue weighted by atomic mass is 16.5. The fourth-order valence-corrected chi connectivity index (χ4v) is 2.30. The summed E-state index contributed by atoms with van der Waals surface area (Å²) < 4.78 is 7.28. The molecule has 0 aliphatic carbocycles. The molecule has 0 spiro atoms. The standard InChI is InChI=1S/C17H30N2O2/c1-2-3-4-5-6-7-8-11-17(20)21-15-10-9-13-19-14-12-18-16-19/h12,14,16H,2-11,13,15H2,1H3. The summed E-state index contributed by atoms with van der Waals surface area (Å²) in [7, 11) is 0. The van der Waals surface area contributed by atoms with Crippen molar-refractivity contribution in [3.63, 3.8) is 0 Å². The maximum absolute atomic E-state index is 11.5. The van der Waals surface area contributed by atoms with Crippen LogP contribution in [0.15, 0.2) is 18.7 Å². The Kier molecular flexibility index (Phi) is 10.5. The third-order valence-corrected chi connectivity index (χ3v) is 3.62. The summed E-state index contributed by atoms with van der Waals surface area (Å²) >= 11 is 0. The van der Waals surface area contributed by atoms with Gasteiger partial charge in [-0.05, 0) is 19.3 Å². The van der Waals surface area contributed by atoms with Crippen LogP contribution < -0.4 is 0 Å². The lowest BCUT2D eigenvalue weighted by atomic mass is 10.1. The van der Waals surface area contributed by atoms with Crippen LogP contribution >= 0.6 is 0 Å². The molecule has 1 heterocycles. The van der Waals surface area contributed by atoms with Crippen LogP contribution in [0.5, 0.6) is 0 Å². The smallest absolute Gasteiger partial charge is 0.305 e. The topological polar surface area (TPSA) is 44.1 Å². The van der Waals surface area contributed by atoms with Crippen molar-refractivity contribution >= 4 is 5.97 Å². The van der Waals surface area contributed by atoms with E-state index in [1.54, 1.807) is 6.20 Å². The second-order valence-electron chi connectivity index (χ2n) is 5.60. The Morgan fingerprint density at radius 1 is 1.05 bits per heavy atom. The zero-order valence-corrected chi connectivity index (χ0v) is 13.4. The minimum Gasteiger partial charge on any atom is -0.466 e. The number of hydrogen-bond donors (Lipinski definition) is 0. The van der Waals surface area contributed by atoms with Crippen LogP contribution in [0.4, 0.5) is 0 Å². The molecule has 120 valence electrons. The lowest BCUT2D eigenvalue weighted by Crippen LogP contribution is -2.06. The van der Waals surface area contributed by atoms with E-state index in [1.165, 1.54) is 32.1 Å². The molecule has 0 amide bonds. The van der Waals surface area contributed by atoms with E-state index in [-0.39, 0.29) is 5.97 Å². The summed E-state index contributed by atoms with van der Waals surface area (Å²) in [4.78, 5) is 15.5. The van der Waals surface area contributed by atoms with Crippen molar-refractivity contribution in [3.05, 3.63) is 18.7 Å². The Morgan fingerprint density at radius 3 is 2.52 bits per heavy atom. The lowest BCUT2D eigenvalue weighted by Gasteiger charge is -2.05. The van der Waals surface area contributed by atoms with Crippen molar-refractivity contribution in [1.29, 1.82) is 0 Å². The fourth-order valence-electron chi connectivity index (χ4n) is 2.30. The van der Waals surface area contributed by atoms with Gasteiger partial charge in [-0.2, -0.15) is 0 Å². The number of rotatable bonds is 13. The van der Waals surface area contributed by atoms with Crippen LogP contribution in [0.25, 0.3) is 0 Å². The van der Waals surface area contributed by atoms with E-state index in [2.05, 4.69) is 11.9 Å². The number of aryl methyl sites for hydroxylation is 1. The van der Waals surface area contributed by atoms with E-state index in [0.29, 0.717) is 13.0 Å². The van der Waals surface area contributed by atoms with Gasteiger partial charge in [-0.25, -0.2) is 4.98 Å². The first-order valence-electron chi connectivity index (χ1n) is 8.44. The number of carbonyl (C=O) groups excluding carboxylic acids is 1. The highest BCUT2D eigenvalue weighted by Gasteiger charge is 2.02. The molecule has 0 aliphatic heterocycles. The van der Waals surface area contributed by atoms with Gasteiger partial charge < -0.3 is 9.30 Å². The van der Waals surface area contributed by atoms with E-state index >= 15 is 0 Å². The third-order valence-electron chi connectivity index (χ3n) is 3.62. The average molecular weight is 294 g/mol. The molecule has 0 radical (unpaired) electrons. The molecule has 1 aromatic heterocycles. The minimum absolute atomic E-state index is 0.0359. The van der Waals surface area contributed by atoms with E-state index in [9.17, 15) is 4.79 Å². The van der Waals surface area contributed by atoms with Gasteiger partial charge in [0, 0.05) is 25.4 Å². The second-order valence-corrected chi connectivity index (χ2v) is 5.60. The Bertz CT molecular complexity index is 350. The maximum Gasteiger partial charge on any atom is 0.305 e. The number of carbonyl (C=O) groups is 1. The molecule has 21 heavy (non-hydrogen) atoms. The Balaban J connectivity index is 1.83. The van der Waals surface area contributed by atoms with Gasteiger partial charge >= 0.3 is 5.97 Å². The van der Waals surface area contributed by atoms with Gasteiger partial charge in [-0.3, -0.25) is 4.79 Å². The zero-order chi connectivity index (χ0) is 15.2. The normalized spacial score (nSPS) is 10.7. The fraction of sp³-hybridized carbons (Fsp3) is 0.765. The molecule has 0 fully saturated rings. The maximum atomic E-state index is 11.5. The van der Waals surface area contributed by atoms with E-state index in [0.717, 1.165) is 32.2 Å². The van der Waals surface area contributed by atoms with Crippen LogP contribution in [0, 0.1) is 0 Å². The van der Waals surface area contributed by atoms with Gasteiger partial charge in [0.05, 0.1) is 12.9 Å². The summed E-state index contributed by atoms with van der Waals surface area (Å²) in [5, 5.41) is 0. The first-order valence-corrected chi connectivity index (χ1v) is 8.44. The summed E-state index contributed by atoms with van der Waals surface area (Å²) in [5.41, 5.74) is 0. The number of esters is 1. The molecule has 4 heteroatoms. The predicted molar refractivity (Wildman–Crippen MR) is 85.0 cm³/mol. The van der Waals surface area contributed by atoms with Crippen molar-refractivity contribution in [3.8, 4) is 0 Å². The van der Waals surface area contributed by atoms with Crippen LogP contribution in [0.1, 0.15) is 71.1 Å². The van der Waals surface area contributed by atoms with Gasteiger partial charge in [0.25, 0.3) is 0 Å². The molecule has 1 aromatic rings. The number of nitrogens with zero attached hydrogens (tertiary/aromatic N) is 2. The van der Waals surface area contributed by atoms with Crippen molar-refractivity contribution in [2.45, 2.75) is 77.7 Å². The quantitative estimate of drug-likeness (QED) is 0.401. The molecular weight excluding hydrogens is 264 g/mol. The van der Waals surface area contributed by atoms with E-state index in [1.807, 2.05) is 17.1 Å². The molecule has 0 atom stereocenters. The minimum atomic E-state index is -0.0359. The van der Waals surface area contributed by atoms with Crippen molar-refractivity contribution in [2.75, 3.05) is 6.61 Å². The Hall–Kier alpha value is -1.32. The molecular formula is C17H30N2O2. The number of hydrogen-bond acceptors (Lipinski definition) is 3. The summed E-state index contributed by atoms with van der Waals surface area (Å²) in [6.07, 6.45) is 16.7. The molecule has 0 bridgehead atoms. The monoisotopic (exact) mass is 294 g/mol. The van der Waals surface area contributed by atoms with E-state index in [4.69, 9.17) is 4.74 Å². The number of ether oxygens (including phenoxy) is 1. The number of aromatic nitrogens is 2.